The summed E-state index contributed by atoms with van der Waals surface area (Å²) in [5.41, 5.74) is 0. The fourth-order valence-electron chi connectivity index (χ4n) is 1.86. The van der Waals surface area contributed by atoms with E-state index in [-0.39, 0.29) is 12.8 Å². The van der Waals surface area contributed by atoms with Crippen LogP contribution >= 0.6 is 0 Å². The minimum absolute atomic E-state index is 0.245. The quantitative estimate of drug-likeness (QED) is 0.479. The van der Waals surface area contributed by atoms with Gasteiger partial charge in [0.15, 0.2) is 0 Å². The maximum atomic E-state index is 10.1. The van der Waals surface area contributed by atoms with Crippen LogP contribution < -0.4 is 10.6 Å². The van der Waals surface area contributed by atoms with Gasteiger partial charge in [-0.2, -0.15) is 0 Å². The van der Waals surface area contributed by atoms with Gasteiger partial charge >= 0.3 is 11.9 Å². The van der Waals surface area contributed by atoms with Gasteiger partial charge in [0.2, 0.25) is 0 Å². The Labute approximate surface area is 120 Å². The number of piperazine rings is 1. The van der Waals surface area contributed by atoms with E-state index in [1.54, 1.807) is 0 Å². The summed E-state index contributed by atoms with van der Waals surface area (Å²) in [4.78, 5) is 20.3. The Balaban J connectivity index is 0.000000493. The number of carboxylic acid groups (broad SMARTS) is 2. The van der Waals surface area contributed by atoms with Crippen LogP contribution in [0.1, 0.15) is 51.4 Å². The molecule has 0 saturated carbocycles. The van der Waals surface area contributed by atoms with Crippen molar-refractivity contribution in [1.82, 2.24) is 10.6 Å². The second kappa shape index (κ2) is 14.3. The van der Waals surface area contributed by atoms with Gasteiger partial charge in [0.25, 0.3) is 0 Å². The molecule has 1 saturated heterocycles. The Hall–Kier alpha value is -1.14. The lowest BCUT2D eigenvalue weighted by molar-refractivity contribution is -0.138. The van der Waals surface area contributed by atoms with E-state index in [0.29, 0.717) is 0 Å². The lowest BCUT2D eigenvalue weighted by atomic mass is 10.1. The lowest BCUT2D eigenvalue weighted by Crippen LogP contribution is -2.39. The number of nitrogens with one attached hydrogen (secondary N) is 2. The predicted molar refractivity (Wildman–Crippen MR) is 77.9 cm³/mol. The van der Waals surface area contributed by atoms with Crippen molar-refractivity contribution >= 4 is 11.9 Å². The molecular weight excluding hydrogens is 260 g/mol. The van der Waals surface area contributed by atoms with Crippen LogP contribution in [0, 0.1) is 0 Å². The van der Waals surface area contributed by atoms with E-state index in [0.717, 1.165) is 64.7 Å². The van der Waals surface area contributed by atoms with Gasteiger partial charge in [-0.05, 0) is 12.8 Å². The van der Waals surface area contributed by atoms with Gasteiger partial charge in [-0.25, -0.2) is 0 Å². The van der Waals surface area contributed by atoms with E-state index in [9.17, 15) is 9.59 Å². The maximum absolute atomic E-state index is 10.1. The highest BCUT2D eigenvalue weighted by Crippen LogP contribution is 2.08. The molecule has 1 rings (SSSR count). The van der Waals surface area contributed by atoms with Crippen LogP contribution in [-0.2, 0) is 9.59 Å². The fourth-order valence-corrected chi connectivity index (χ4v) is 1.86. The first-order valence-electron chi connectivity index (χ1n) is 7.48. The van der Waals surface area contributed by atoms with Crippen molar-refractivity contribution in [3.8, 4) is 0 Å². The van der Waals surface area contributed by atoms with Gasteiger partial charge < -0.3 is 20.8 Å². The van der Waals surface area contributed by atoms with Crippen LogP contribution in [0.5, 0.6) is 0 Å². The summed E-state index contributed by atoms with van der Waals surface area (Å²) >= 11 is 0. The summed E-state index contributed by atoms with van der Waals surface area (Å²) in [7, 11) is 0. The van der Waals surface area contributed by atoms with Crippen molar-refractivity contribution in [2.45, 2.75) is 51.4 Å². The minimum Gasteiger partial charge on any atom is -0.481 e. The molecule has 0 aliphatic carbocycles. The van der Waals surface area contributed by atoms with E-state index in [4.69, 9.17) is 10.2 Å². The van der Waals surface area contributed by atoms with Crippen LogP contribution in [0.4, 0.5) is 0 Å². The van der Waals surface area contributed by atoms with Crippen LogP contribution in [0.2, 0.25) is 0 Å². The van der Waals surface area contributed by atoms with E-state index < -0.39 is 11.9 Å². The van der Waals surface area contributed by atoms with Crippen LogP contribution in [0.25, 0.3) is 0 Å². The second-order valence-electron chi connectivity index (χ2n) is 4.91. The zero-order valence-electron chi connectivity index (χ0n) is 12.2. The summed E-state index contributed by atoms with van der Waals surface area (Å²) < 4.78 is 0. The fraction of sp³-hybridized carbons (Fsp3) is 0.857. The first-order valence-corrected chi connectivity index (χ1v) is 7.48. The molecule has 0 aromatic carbocycles. The number of carbonyl (C=O) groups is 2. The van der Waals surface area contributed by atoms with E-state index in [2.05, 4.69) is 10.6 Å². The Morgan fingerprint density at radius 3 is 1.20 bits per heavy atom. The third kappa shape index (κ3) is 16.9. The number of carboxylic acids is 2. The average Bonchev–Trinajstić information content (AvgIpc) is 2.44. The normalized spacial score (nSPS) is 14.2. The Bertz CT molecular complexity index is 224. The smallest absolute Gasteiger partial charge is 0.303 e. The molecule has 0 amide bonds. The molecule has 1 aliphatic heterocycles. The van der Waals surface area contributed by atoms with Gasteiger partial charge in [0.05, 0.1) is 0 Å². The Morgan fingerprint density at radius 2 is 0.950 bits per heavy atom. The molecule has 1 heterocycles. The molecule has 20 heavy (non-hydrogen) atoms. The molecule has 6 nitrogen and oxygen atoms in total. The van der Waals surface area contributed by atoms with E-state index >= 15 is 0 Å². The molecule has 6 heteroatoms. The molecule has 0 aromatic rings. The van der Waals surface area contributed by atoms with Crippen molar-refractivity contribution < 1.29 is 19.8 Å². The number of aliphatic carboxylic acids is 2. The number of rotatable bonds is 9. The van der Waals surface area contributed by atoms with Gasteiger partial charge in [-0.1, -0.05) is 25.7 Å². The van der Waals surface area contributed by atoms with Gasteiger partial charge in [-0.15, -0.1) is 0 Å². The molecule has 0 atom stereocenters. The topological polar surface area (TPSA) is 98.7 Å². The summed E-state index contributed by atoms with van der Waals surface area (Å²) in [6, 6.07) is 0. The van der Waals surface area contributed by atoms with E-state index in [1.807, 2.05) is 0 Å². The van der Waals surface area contributed by atoms with Crippen molar-refractivity contribution in [2.75, 3.05) is 26.2 Å². The van der Waals surface area contributed by atoms with Crippen LogP contribution in [0.3, 0.4) is 0 Å². The Morgan fingerprint density at radius 1 is 0.650 bits per heavy atom. The molecule has 0 radical (unpaired) electrons. The number of unbranched alkanes of at least 4 members (excludes halogenated alkanes) is 5. The molecule has 1 aliphatic rings. The highest BCUT2D eigenvalue weighted by Gasteiger charge is 1.98. The molecule has 0 unspecified atom stereocenters. The molecule has 0 bridgehead atoms. The van der Waals surface area contributed by atoms with Gasteiger partial charge in [0, 0.05) is 39.0 Å². The first kappa shape index (κ1) is 18.9. The lowest BCUT2D eigenvalue weighted by Gasteiger charge is -2.11. The Kier molecular flexibility index (Phi) is 13.5. The molecule has 0 spiro atoms. The highest BCUT2D eigenvalue weighted by molar-refractivity contribution is 5.66. The first-order chi connectivity index (χ1) is 9.63. The zero-order valence-corrected chi connectivity index (χ0v) is 12.2. The summed E-state index contributed by atoms with van der Waals surface area (Å²) in [5, 5.41) is 23.1. The van der Waals surface area contributed by atoms with Crippen molar-refractivity contribution in [3.05, 3.63) is 0 Å². The molecule has 0 aromatic heterocycles. The standard InChI is InChI=1S/C10H18O4.C4H10N2/c11-9(12)7-5-3-1-2-4-6-8-10(13)14;1-2-6-4-3-5-1/h1-8H2,(H,11,12)(H,13,14);5-6H,1-4H2. The second-order valence-corrected chi connectivity index (χ2v) is 4.91. The number of hydrogen-bond acceptors (Lipinski definition) is 4. The van der Waals surface area contributed by atoms with Crippen molar-refractivity contribution in [2.24, 2.45) is 0 Å². The predicted octanol–water partition coefficient (Wildman–Crippen LogP) is 1.46. The zero-order chi connectivity index (χ0) is 15.1. The number of hydrogen-bond donors (Lipinski definition) is 4. The van der Waals surface area contributed by atoms with Crippen molar-refractivity contribution in [1.29, 1.82) is 0 Å². The molecular formula is C14H28N2O4. The van der Waals surface area contributed by atoms with E-state index in [1.165, 1.54) is 0 Å². The summed E-state index contributed by atoms with van der Waals surface area (Å²) in [5.74, 6) is -1.48. The van der Waals surface area contributed by atoms with Gasteiger partial charge in [0.1, 0.15) is 0 Å². The molecule has 118 valence electrons. The average molecular weight is 288 g/mol. The van der Waals surface area contributed by atoms with Crippen LogP contribution in [-0.4, -0.2) is 48.3 Å². The maximum Gasteiger partial charge on any atom is 0.303 e. The SMILES string of the molecule is C1CNCCN1.O=C(O)CCCCCCCCC(=O)O. The molecule has 4 N–H and O–H groups in total. The summed E-state index contributed by atoms with van der Waals surface area (Å²) in [6.07, 6.45) is 5.82. The molecule has 1 fully saturated rings. The minimum atomic E-state index is -0.740. The summed E-state index contributed by atoms with van der Waals surface area (Å²) in [6.45, 7) is 4.56. The van der Waals surface area contributed by atoms with Gasteiger partial charge in [-0.3, -0.25) is 9.59 Å². The monoisotopic (exact) mass is 288 g/mol. The van der Waals surface area contributed by atoms with Crippen molar-refractivity contribution in [3.63, 3.8) is 0 Å². The highest BCUT2D eigenvalue weighted by atomic mass is 16.4. The van der Waals surface area contributed by atoms with Crippen LogP contribution in [0.15, 0.2) is 0 Å². The largest absolute Gasteiger partial charge is 0.481 e. The third-order valence-electron chi connectivity index (χ3n) is 2.99. The third-order valence-corrected chi connectivity index (χ3v) is 2.99.